The van der Waals surface area contributed by atoms with Gasteiger partial charge in [-0.05, 0) is 55.0 Å². The van der Waals surface area contributed by atoms with Gasteiger partial charge in [0.25, 0.3) is 11.8 Å². The van der Waals surface area contributed by atoms with Crippen molar-refractivity contribution < 1.29 is 28.9 Å². The number of hydrogen-bond donors (Lipinski definition) is 3. The summed E-state index contributed by atoms with van der Waals surface area (Å²) in [7, 11) is 4.88. The summed E-state index contributed by atoms with van der Waals surface area (Å²) in [4.78, 5) is 32.6. The van der Waals surface area contributed by atoms with Crippen LogP contribution in [0.3, 0.4) is 0 Å². The Morgan fingerprint density at radius 3 is 2.66 bits per heavy atom. The molecule has 0 spiro atoms. The molecule has 0 bridgehead atoms. The van der Waals surface area contributed by atoms with Crippen LogP contribution in [0.1, 0.15) is 35.6 Å². The van der Waals surface area contributed by atoms with Gasteiger partial charge in [0.15, 0.2) is 12.5 Å². The number of carbonyl (C=O) groups is 2. The molecule has 2 amide bonds. The van der Waals surface area contributed by atoms with Crippen LogP contribution in [0.15, 0.2) is 47.6 Å². The van der Waals surface area contributed by atoms with Gasteiger partial charge in [0.1, 0.15) is 0 Å². The number of aromatic nitrogens is 1. The van der Waals surface area contributed by atoms with E-state index in [1.165, 1.54) is 9.91 Å². The third-order valence-electron chi connectivity index (χ3n) is 9.43. The number of methoxy groups -OCH3 is 1. The predicted molar refractivity (Wildman–Crippen MR) is 176 cm³/mol. The van der Waals surface area contributed by atoms with Gasteiger partial charge >= 0.3 is 0 Å². The van der Waals surface area contributed by atoms with Gasteiger partial charge in [-0.25, -0.2) is 4.98 Å². The van der Waals surface area contributed by atoms with Gasteiger partial charge in [0, 0.05) is 55.2 Å². The number of aliphatic hydroxyl groups excluding tert-OH is 1. The average Bonchev–Trinajstić information content (AvgIpc) is 3.79. The minimum atomic E-state index is -0.608. The highest BCUT2D eigenvalue weighted by Crippen LogP contribution is 2.43. The van der Waals surface area contributed by atoms with Gasteiger partial charge in [-0.2, -0.15) is 5.10 Å². The van der Waals surface area contributed by atoms with E-state index in [-0.39, 0.29) is 24.0 Å². The fourth-order valence-electron chi connectivity index (χ4n) is 6.76. The molecule has 0 saturated carbocycles. The molecule has 1 aliphatic carbocycles. The number of nitrogens with one attached hydrogen (secondary N) is 2. The number of aliphatic hydroxyl groups is 1. The van der Waals surface area contributed by atoms with Gasteiger partial charge in [0.2, 0.25) is 11.6 Å². The number of benzene rings is 2. The van der Waals surface area contributed by atoms with Crippen LogP contribution in [0.25, 0.3) is 22.4 Å². The van der Waals surface area contributed by atoms with E-state index in [1.54, 1.807) is 27.3 Å². The van der Waals surface area contributed by atoms with E-state index in [9.17, 15) is 14.7 Å². The topological polar surface area (TPSA) is 141 Å². The van der Waals surface area contributed by atoms with E-state index in [2.05, 4.69) is 21.8 Å². The van der Waals surface area contributed by atoms with Crippen LogP contribution in [-0.4, -0.2) is 96.5 Å². The van der Waals surface area contributed by atoms with Crippen molar-refractivity contribution >= 4 is 34.8 Å². The average molecular weight is 661 g/mol. The van der Waals surface area contributed by atoms with Gasteiger partial charge in [-0.3, -0.25) is 14.6 Å². The van der Waals surface area contributed by atoms with Crippen LogP contribution < -0.4 is 15.4 Å². The number of nitrogens with zero attached hydrogens (tertiary/aromatic N) is 4. The second-order valence-electron chi connectivity index (χ2n) is 12.3. The van der Waals surface area contributed by atoms with Crippen molar-refractivity contribution in [2.24, 2.45) is 5.10 Å². The fourth-order valence-corrected chi connectivity index (χ4v) is 7.08. The number of fused-ring (bicyclic) bond motifs is 2. The van der Waals surface area contributed by atoms with Crippen molar-refractivity contribution in [2.75, 3.05) is 39.7 Å². The largest absolute Gasteiger partial charge is 0.481 e. The Bertz CT molecular complexity index is 1780. The highest BCUT2D eigenvalue weighted by Gasteiger charge is 2.51. The first-order valence-electron chi connectivity index (χ1n) is 15.7. The highest BCUT2D eigenvalue weighted by atomic mass is 35.5. The summed E-state index contributed by atoms with van der Waals surface area (Å²) in [5.74, 6) is -0.583. The molecule has 7 rings (SSSR count). The SMILES string of the molecule is COc1nc(-c2cccc(-c3cccc(NC(=O)C4=NN(C)C5OC5N(C)C4=O)c3C)c2Cl)cc2c1C(NC1CCOCC1O)CC2. The number of hydrazone groups is 1. The Morgan fingerprint density at radius 2 is 1.87 bits per heavy atom. The van der Waals surface area contributed by atoms with Gasteiger partial charge in [0.05, 0.1) is 30.5 Å². The molecule has 4 aliphatic rings. The molecule has 3 aromatic rings. The summed E-state index contributed by atoms with van der Waals surface area (Å²) < 4.78 is 16.7. The molecule has 3 N–H and O–H groups in total. The van der Waals surface area contributed by atoms with Crippen LogP contribution in [-0.2, 0) is 25.5 Å². The van der Waals surface area contributed by atoms with Crippen molar-refractivity contribution in [3.05, 3.63) is 64.2 Å². The van der Waals surface area contributed by atoms with Crippen LogP contribution in [0.4, 0.5) is 5.69 Å². The number of ether oxygens (including phenoxy) is 3. The third-order valence-corrected chi connectivity index (χ3v) is 9.84. The van der Waals surface area contributed by atoms with Crippen molar-refractivity contribution in [3.63, 3.8) is 0 Å². The highest BCUT2D eigenvalue weighted by molar-refractivity contribution is 6.67. The zero-order chi connectivity index (χ0) is 33.0. The fraction of sp³-hybridized carbons (Fsp3) is 0.412. The molecule has 4 heterocycles. The van der Waals surface area contributed by atoms with E-state index < -0.39 is 24.1 Å². The van der Waals surface area contributed by atoms with E-state index in [0.717, 1.165) is 52.6 Å². The number of epoxide rings is 1. The summed E-state index contributed by atoms with van der Waals surface area (Å²) in [5.41, 5.74) is 6.27. The van der Waals surface area contributed by atoms with E-state index in [1.807, 2.05) is 37.3 Å². The van der Waals surface area contributed by atoms with Gasteiger partial charge in [-0.15, -0.1) is 0 Å². The van der Waals surface area contributed by atoms with Crippen LogP contribution >= 0.6 is 11.6 Å². The number of rotatable bonds is 7. The smallest absolute Gasteiger partial charge is 0.281 e. The summed E-state index contributed by atoms with van der Waals surface area (Å²) in [6.45, 7) is 2.84. The molecule has 0 radical (unpaired) electrons. The molecule has 246 valence electrons. The first-order valence-corrected chi connectivity index (χ1v) is 16.1. The summed E-state index contributed by atoms with van der Waals surface area (Å²) in [6, 6.07) is 13.4. The standard InChI is InChI=1S/C34H37ClN6O6/c1-17-19(7-6-10-22(17)37-30(43)29-32(44)40(2)33-34(47-33)41(3)39-29)20-8-5-9-21(28(20)35)25-15-18-11-12-24(27(18)31(38-25)45-4)36-23-13-14-46-16-26(23)42/h5-10,15,23-24,26,33-34,36,42H,11-14,16H2,1-4H3,(H,37,43). The second kappa shape index (κ2) is 12.5. The maximum Gasteiger partial charge on any atom is 0.281 e. The maximum atomic E-state index is 13.3. The molecule has 2 saturated heterocycles. The van der Waals surface area contributed by atoms with Crippen molar-refractivity contribution in [1.29, 1.82) is 0 Å². The number of hydrogen-bond acceptors (Lipinski definition) is 10. The molecular formula is C34H37ClN6O6. The molecule has 2 fully saturated rings. The summed E-state index contributed by atoms with van der Waals surface area (Å²) >= 11 is 7.13. The second-order valence-corrected chi connectivity index (χ2v) is 12.7. The minimum absolute atomic E-state index is 0.0146. The number of halogens is 1. The number of aryl methyl sites for hydroxylation is 1. The van der Waals surface area contributed by atoms with Gasteiger partial charge in [-0.1, -0.05) is 41.9 Å². The van der Waals surface area contributed by atoms with Gasteiger partial charge < -0.3 is 34.9 Å². The first-order chi connectivity index (χ1) is 22.7. The number of likely N-dealkylation sites (N-methyl/N-ethyl adjacent to an activating group) is 2. The normalized spacial score (nSPS) is 25.1. The molecule has 1 aromatic heterocycles. The summed E-state index contributed by atoms with van der Waals surface area (Å²) in [6.07, 6.45) is 1.10. The van der Waals surface area contributed by atoms with E-state index in [0.29, 0.717) is 35.5 Å². The maximum absolute atomic E-state index is 13.3. The van der Waals surface area contributed by atoms with Crippen LogP contribution in [0.2, 0.25) is 5.02 Å². The predicted octanol–water partition coefficient (Wildman–Crippen LogP) is 3.49. The molecule has 47 heavy (non-hydrogen) atoms. The van der Waals surface area contributed by atoms with Crippen LogP contribution in [0.5, 0.6) is 5.88 Å². The van der Waals surface area contributed by atoms with E-state index in [4.69, 9.17) is 30.8 Å². The van der Waals surface area contributed by atoms with Crippen molar-refractivity contribution in [3.8, 4) is 28.3 Å². The molecule has 3 aliphatic heterocycles. The molecule has 12 nitrogen and oxygen atoms in total. The Hall–Kier alpha value is -4.07. The summed E-state index contributed by atoms with van der Waals surface area (Å²) in [5, 5.41) is 23.2. The minimum Gasteiger partial charge on any atom is -0.481 e. The van der Waals surface area contributed by atoms with Crippen molar-refractivity contribution in [1.82, 2.24) is 20.2 Å². The Kier molecular flexibility index (Phi) is 8.39. The zero-order valence-corrected chi connectivity index (χ0v) is 27.4. The van der Waals surface area contributed by atoms with E-state index >= 15 is 0 Å². The lowest BCUT2D eigenvalue weighted by molar-refractivity contribution is -0.125. The molecule has 5 unspecified atom stereocenters. The monoisotopic (exact) mass is 660 g/mol. The van der Waals surface area contributed by atoms with Crippen LogP contribution in [0, 0.1) is 6.92 Å². The Balaban J connectivity index is 1.17. The Morgan fingerprint density at radius 1 is 1.11 bits per heavy atom. The first kappa shape index (κ1) is 31.5. The molecule has 5 atom stereocenters. The quantitative estimate of drug-likeness (QED) is 0.325. The lowest BCUT2D eigenvalue weighted by Gasteiger charge is -2.31. The molecule has 13 heteroatoms. The Labute approximate surface area is 277 Å². The number of pyridine rings is 1. The zero-order valence-electron chi connectivity index (χ0n) is 26.6. The number of carbonyl (C=O) groups excluding carboxylic acids is 2. The number of anilines is 1. The molecule has 2 aromatic carbocycles. The molecular weight excluding hydrogens is 624 g/mol. The van der Waals surface area contributed by atoms with Crippen molar-refractivity contribution in [2.45, 2.75) is 56.8 Å². The number of amides is 2. The lowest BCUT2D eigenvalue weighted by atomic mass is 9.96. The third kappa shape index (κ3) is 5.74. The lowest BCUT2D eigenvalue weighted by Crippen LogP contribution is -2.47.